The first-order chi connectivity index (χ1) is 8.10. The molecule has 1 heterocycles. The molecule has 0 radical (unpaired) electrons. The molecule has 1 unspecified atom stereocenters. The molecule has 4 heteroatoms. The van der Waals surface area contributed by atoms with Crippen LogP contribution >= 0.6 is 0 Å². The van der Waals surface area contributed by atoms with Crippen LogP contribution in [0.25, 0.3) is 11.1 Å². The van der Waals surface area contributed by atoms with Crippen LogP contribution in [-0.4, -0.2) is 12.1 Å². The second-order valence-corrected chi connectivity index (χ2v) is 4.62. The summed E-state index contributed by atoms with van der Waals surface area (Å²) in [6.07, 6.45) is 0.865. The van der Waals surface area contributed by atoms with Crippen LogP contribution in [0.1, 0.15) is 32.2 Å². The predicted octanol–water partition coefficient (Wildman–Crippen LogP) is 2.88. The number of aromatic nitrogens is 1. The molecule has 0 fully saturated rings. The lowest BCUT2D eigenvalue weighted by Gasteiger charge is -2.09. The monoisotopic (exact) mass is 234 g/mol. The summed E-state index contributed by atoms with van der Waals surface area (Å²) in [5.41, 5.74) is 7.58. The quantitative estimate of drug-likeness (QED) is 0.883. The number of nitrogens with zero attached hydrogens (tertiary/aromatic N) is 1. The molecule has 2 aromatic rings. The average molecular weight is 234 g/mol. The summed E-state index contributed by atoms with van der Waals surface area (Å²) in [6, 6.07) is 5.41. The third-order valence-electron chi connectivity index (χ3n) is 2.65. The van der Waals surface area contributed by atoms with Gasteiger partial charge in [-0.2, -0.15) is 0 Å². The van der Waals surface area contributed by atoms with E-state index in [1.165, 1.54) is 0 Å². The van der Waals surface area contributed by atoms with Gasteiger partial charge in [0.25, 0.3) is 0 Å². The van der Waals surface area contributed by atoms with Gasteiger partial charge < -0.3 is 14.9 Å². The molecule has 0 amide bonds. The fourth-order valence-corrected chi connectivity index (χ4v) is 1.82. The van der Waals surface area contributed by atoms with Crippen molar-refractivity contribution in [2.24, 2.45) is 11.7 Å². The summed E-state index contributed by atoms with van der Waals surface area (Å²) in [5.74, 6) is 1.89. The van der Waals surface area contributed by atoms with E-state index >= 15 is 0 Å². The Kier molecular flexibility index (Phi) is 3.33. The summed E-state index contributed by atoms with van der Waals surface area (Å²) in [6.45, 7) is 4.26. The number of methoxy groups -OCH3 is 1. The highest BCUT2D eigenvalue weighted by molar-refractivity contribution is 5.74. The largest absolute Gasteiger partial charge is 0.497 e. The van der Waals surface area contributed by atoms with Crippen molar-refractivity contribution in [3.05, 3.63) is 24.1 Å². The van der Waals surface area contributed by atoms with Gasteiger partial charge in [-0.15, -0.1) is 0 Å². The van der Waals surface area contributed by atoms with E-state index in [9.17, 15) is 0 Å². The van der Waals surface area contributed by atoms with E-state index in [0.717, 1.165) is 23.3 Å². The highest BCUT2D eigenvalue weighted by Gasteiger charge is 2.15. The zero-order valence-corrected chi connectivity index (χ0v) is 10.4. The number of hydrogen-bond donors (Lipinski definition) is 1. The van der Waals surface area contributed by atoms with E-state index in [-0.39, 0.29) is 6.04 Å². The van der Waals surface area contributed by atoms with Gasteiger partial charge in [-0.1, -0.05) is 13.8 Å². The third-order valence-corrected chi connectivity index (χ3v) is 2.65. The highest BCUT2D eigenvalue weighted by atomic mass is 16.5. The molecule has 2 N–H and O–H groups in total. The molecular formula is C13H18N2O2. The Labute approximate surface area is 101 Å². The lowest BCUT2D eigenvalue weighted by molar-refractivity contribution is 0.414. The molecule has 0 saturated carbocycles. The minimum atomic E-state index is -0.145. The summed E-state index contributed by atoms with van der Waals surface area (Å²) in [5, 5.41) is 0. The predicted molar refractivity (Wildman–Crippen MR) is 66.9 cm³/mol. The van der Waals surface area contributed by atoms with Crippen LogP contribution in [0.4, 0.5) is 0 Å². The number of rotatable bonds is 4. The second-order valence-electron chi connectivity index (χ2n) is 4.62. The van der Waals surface area contributed by atoms with E-state index in [1.54, 1.807) is 7.11 Å². The molecule has 4 nitrogen and oxygen atoms in total. The number of benzene rings is 1. The summed E-state index contributed by atoms with van der Waals surface area (Å²) < 4.78 is 10.8. The van der Waals surface area contributed by atoms with E-state index < -0.39 is 0 Å². The van der Waals surface area contributed by atoms with Gasteiger partial charge in [-0.05, 0) is 24.5 Å². The standard InChI is InChI=1S/C13H18N2O2/c1-8(2)6-10(14)13-15-11-7-9(16-3)4-5-12(11)17-13/h4-5,7-8,10H,6,14H2,1-3H3. The summed E-state index contributed by atoms with van der Waals surface area (Å²) in [4.78, 5) is 4.40. The van der Waals surface area contributed by atoms with Crippen molar-refractivity contribution in [3.8, 4) is 5.75 Å². The Bertz CT molecular complexity index is 505. The van der Waals surface area contributed by atoms with E-state index in [4.69, 9.17) is 14.9 Å². The second kappa shape index (κ2) is 4.75. The summed E-state index contributed by atoms with van der Waals surface area (Å²) >= 11 is 0. The molecule has 92 valence electrons. The molecule has 2 rings (SSSR count). The first-order valence-electron chi connectivity index (χ1n) is 5.80. The van der Waals surface area contributed by atoms with Crippen molar-refractivity contribution in [1.29, 1.82) is 0 Å². The van der Waals surface area contributed by atoms with Gasteiger partial charge in [0.1, 0.15) is 11.3 Å². The van der Waals surface area contributed by atoms with Gasteiger partial charge in [-0.25, -0.2) is 4.98 Å². The Morgan fingerprint density at radius 3 is 2.82 bits per heavy atom. The van der Waals surface area contributed by atoms with Gasteiger partial charge in [0.2, 0.25) is 5.89 Å². The summed E-state index contributed by atoms with van der Waals surface area (Å²) in [7, 11) is 1.63. The number of oxazole rings is 1. The number of ether oxygens (including phenoxy) is 1. The fourth-order valence-electron chi connectivity index (χ4n) is 1.82. The van der Waals surface area contributed by atoms with Crippen molar-refractivity contribution in [2.45, 2.75) is 26.3 Å². The Morgan fingerprint density at radius 1 is 1.41 bits per heavy atom. The molecule has 1 atom stereocenters. The van der Waals surface area contributed by atoms with Crippen LogP contribution in [0.15, 0.2) is 22.6 Å². The van der Waals surface area contributed by atoms with E-state index in [0.29, 0.717) is 11.8 Å². The van der Waals surface area contributed by atoms with Crippen LogP contribution in [0.2, 0.25) is 0 Å². The molecule has 0 spiro atoms. The SMILES string of the molecule is COc1ccc2oc(C(N)CC(C)C)nc2c1. The van der Waals surface area contributed by atoms with Crippen molar-refractivity contribution in [1.82, 2.24) is 4.98 Å². The first-order valence-corrected chi connectivity index (χ1v) is 5.80. The number of nitrogens with two attached hydrogens (primary N) is 1. The Morgan fingerprint density at radius 2 is 2.18 bits per heavy atom. The minimum absolute atomic E-state index is 0.145. The van der Waals surface area contributed by atoms with Crippen molar-refractivity contribution in [3.63, 3.8) is 0 Å². The molecule has 0 bridgehead atoms. The molecule has 1 aromatic carbocycles. The number of fused-ring (bicyclic) bond motifs is 1. The van der Waals surface area contributed by atoms with Gasteiger partial charge in [-0.3, -0.25) is 0 Å². The lowest BCUT2D eigenvalue weighted by atomic mass is 10.0. The molecule has 0 aliphatic rings. The van der Waals surface area contributed by atoms with Crippen molar-refractivity contribution in [2.75, 3.05) is 7.11 Å². The smallest absolute Gasteiger partial charge is 0.212 e. The van der Waals surface area contributed by atoms with Crippen LogP contribution < -0.4 is 10.5 Å². The van der Waals surface area contributed by atoms with Crippen molar-refractivity contribution < 1.29 is 9.15 Å². The molecular weight excluding hydrogens is 216 g/mol. The maximum Gasteiger partial charge on any atom is 0.212 e. The Hall–Kier alpha value is -1.55. The zero-order chi connectivity index (χ0) is 12.4. The zero-order valence-electron chi connectivity index (χ0n) is 10.4. The van der Waals surface area contributed by atoms with Gasteiger partial charge in [0.05, 0.1) is 13.2 Å². The van der Waals surface area contributed by atoms with Crippen LogP contribution in [0, 0.1) is 5.92 Å². The van der Waals surface area contributed by atoms with Gasteiger partial charge >= 0.3 is 0 Å². The maximum atomic E-state index is 6.04. The molecule has 0 aliphatic carbocycles. The third kappa shape index (κ3) is 2.58. The normalized spacial score (nSPS) is 13.2. The minimum Gasteiger partial charge on any atom is -0.497 e. The average Bonchev–Trinajstić information content (AvgIpc) is 2.70. The topological polar surface area (TPSA) is 61.3 Å². The molecule has 0 aliphatic heterocycles. The molecule has 1 aromatic heterocycles. The van der Waals surface area contributed by atoms with E-state index in [2.05, 4.69) is 18.8 Å². The van der Waals surface area contributed by atoms with Crippen LogP contribution in [0.3, 0.4) is 0 Å². The van der Waals surface area contributed by atoms with Crippen LogP contribution in [0.5, 0.6) is 5.75 Å². The number of hydrogen-bond acceptors (Lipinski definition) is 4. The lowest BCUT2D eigenvalue weighted by Crippen LogP contribution is -2.13. The fraction of sp³-hybridized carbons (Fsp3) is 0.462. The maximum absolute atomic E-state index is 6.04. The van der Waals surface area contributed by atoms with Crippen LogP contribution in [-0.2, 0) is 0 Å². The highest BCUT2D eigenvalue weighted by Crippen LogP contribution is 2.25. The first kappa shape index (κ1) is 11.9. The molecule has 17 heavy (non-hydrogen) atoms. The molecule has 0 saturated heterocycles. The van der Waals surface area contributed by atoms with E-state index in [1.807, 2.05) is 18.2 Å². The van der Waals surface area contributed by atoms with Gasteiger partial charge in [0.15, 0.2) is 5.58 Å². The van der Waals surface area contributed by atoms with Gasteiger partial charge in [0, 0.05) is 6.07 Å². The Balaban J connectivity index is 2.30. The van der Waals surface area contributed by atoms with Crippen molar-refractivity contribution >= 4 is 11.1 Å².